The number of amides is 2. The van der Waals surface area contributed by atoms with E-state index in [0.717, 1.165) is 42.0 Å². The highest BCUT2D eigenvalue weighted by atomic mass is 16.2. The van der Waals surface area contributed by atoms with E-state index < -0.39 is 11.9 Å². The molecule has 1 aliphatic rings. The molecule has 1 aliphatic carbocycles. The van der Waals surface area contributed by atoms with E-state index in [1.165, 1.54) is 11.3 Å². The zero-order valence-corrected chi connectivity index (χ0v) is 17.5. The maximum absolute atomic E-state index is 13.6. The van der Waals surface area contributed by atoms with Gasteiger partial charge in [-0.25, -0.2) is 0 Å². The number of hydrogen-bond acceptors (Lipinski definition) is 2. The molecule has 4 nitrogen and oxygen atoms in total. The van der Waals surface area contributed by atoms with Crippen molar-refractivity contribution in [3.05, 3.63) is 78.4 Å². The molecule has 4 rings (SSSR count). The number of carbonyl (C=O) groups is 2. The summed E-state index contributed by atoms with van der Waals surface area (Å²) < 4.78 is 0. The van der Waals surface area contributed by atoms with E-state index in [1.54, 1.807) is 0 Å². The van der Waals surface area contributed by atoms with E-state index in [9.17, 15) is 9.59 Å². The van der Waals surface area contributed by atoms with Crippen LogP contribution in [0.2, 0.25) is 0 Å². The monoisotopic (exact) mass is 410 g/mol. The Balaban J connectivity index is 1.82. The molecule has 1 saturated carbocycles. The maximum atomic E-state index is 13.6. The zero-order chi connectivity index (χ0) is 21.6. The number of nitrogens with zero attached hydrogens (tertiary/aromatic N) is 1. The van der Waals surface area contributed by atoms with Crippen LogP contribution in [0.4, 0.5) is 5.69 Å². The first-order valence-corrected chi connectivity index (χ1v) is 10.8. The van der Waals surface area contributed by atoms with Gasteiger partial charge in [0.2, 0.25) is 5.91 Å². The van der Waals surface area contributed by atoms with Crippen LogP contribution in [0.15, 0.2) is 72.8 Å². The lowest BCUT2D eigenvalue weighted by molar-refractivity contribution is -0.125. The minimum Gasteiger partial charge on any atom is -0.351 e. The largest absolute Gasteiger partial charge is 0.351 e. The van der Waals surface area contributed by atoms with Crippen LogP contribution in [-0.4, -0.2) is 17.9 Å². The Kier molecular flexibility index (Phi) is 6.33. The molecule has 0 saturated heterocycles. The summed E-state index contributed by atoms with van der Waals surface area (Å²) in [6, 6.07) is 22.2. The molecule has 0 radical (unpaired) electrons. The van der Waals surface area contributed by atoms with Gasteiger partial charge in [-0.3, -0.25) is 14.5 Å². The van der Waals surface area contributed by atoms with Gasteiger partial charge in [-0.2, -0.15) is 0 Å². The normalized spacial score (nSPS) is 15.1. The van der Waals surface area contributed by atoms with Gasteiger partial charge in [0.05, 0.1) is 5.69 Å². The Morgan fingerprint density at radius 2 is 1.58 bits per heavy atom. The summed E-state index contributed by atoms with van der Waals surface area (Å²) in [6.45, 7) is 0. The van der Waals surface area contributed by atoms with E-state index in [2.05, 4.69) is 11.2 Å². The summed E-state index contributed by atoms with van der Waals surface area (Å²) in [5, 5.41) is 5.05. The Labute approximate surface area is 183 Å². The average molecular weight is 411 g/mol. The molecular weight excluding hydrogens is 384 g/mol. The van der Waals surface area contributed by atoms with Gasteiger partial charge in [0.25, 0.3) is 0 Å². The van der Waals surface area contributed by atoms with Crippen LogP contribution in [0.25, 0.3) is 10.8 Å². The lowest BCUT2D eigenvalue weighted by atomic mass is 9.94. The Hall–Kier alpha value is -3.58. The summed E-state index contributed by atoms with van der Waals surface area (Å²) in [5.74, 6) is 1.51. The molecule has 4 heteroatoms. The number of hydrogen-bond donors (Lipinski definition) is 1. The number of nitrogens with one attached hydrogen (secondary N) is 1. The molecule has 1 N–H and O–H groups in total. The van der Waals surface area contributed by atoms with Crippen LogP contribution in [0.1, 0.15) is 43.7 Å². The Morgan fingerprint density at radius 1 is 0.903 bits per heavy atom. The first kappa shape index (κ1) is 20.7. The van der Waals surface area contributed by atoms with Crippen molar-refractivity contribution in [3.8, 4) is 12.3 Å². The Morgan fingerprint density at radius 3 is 2.32 bits per heavy atom. The zero-order valence-electron chi connectivity index (χ0n) is 17.5. The molecule has 0 heterocycles. The van der Waals surface area contributed by atoms with Crippen molar-refractivity contribution in [1.82, 2.24) is 5.32 Å². The van der Waals surface area contributed by atoms with Crippen molar-refractivity contribution >= 4 is 28.3 Å². The SMILES string of the molecule is C#CC(=O)N(c1cccc2ccccc12)[C@H](C(=O)NC1CCCCC1)c1ccccc1. The molecule has 2 amide bonds. The predicted molar refractivity (Wildman–Crippen MR) is 124 cm³/mol. The highest BCUT2D eigenvalue weighted by molar-refractivity contribution is 6.13. The number of anilines is 1. The second kappa shape index (κ2) is 9.49. The number of benzene rings is 3. The molecule has 0 spiro atoms. The van der Waals surface area contributed by atoms with Crippen molar-refractivity contribution in [1.29, 1.82) is 0 Å². The van der Waals surface area contributed by atoms with Crippen molar-refractivity contribution in [3.63, 3.8) is 0 Å². The van der Waals surface area contributed by atoms with Gasteiger partial charge in [0.1, 0.15) is 6.04 Å². The molecular formula is C27H26N2O2. The molecule has 31 heavy (non-hydrogen) atoms. The second-order valence-corrected chi connectivity index (χ2v) is 7.97. The summed E-state index contributed by atoms with van der Waals surface area (Å²) >= 11 is 0. The van der Waals surface area contributed by atoms with Gasteiger partial charge in [-0.05, 0) is 35.8 Å². The van der Waals surface area contributed by atoms with Crippen molar-refractivity contribution in [2.45, 2.75) is 44.2 Å². The molecule has 1 fully saturated rings. The lowest BCUT2D eigenvalue weighted by Gasteiger charge is -2.33. The second-order valence-electron chi connectivity index (χ2n) is 7.97. The molecule has 0 aromatic heterocycles. The van der Waals surface area contributed by atoms with Gasteiger partial charge < -0.3 is 5.32 Å². The summed E-state index contributed by atoms with van der Waals surface area (Å²) in [6.07, 6.45) is 10.9. The van der Waals surface area contributed by atoms with Gasteiger partial charge in [0, 0.05) is 11.4 Å². The smallest absolute Gasteiger partial charge is 0.303 e. The van der Waals surface area contributed by atoms with Crippen molar-refractivity contribution in [2.24, 2.45) is 0 Å². The molecule has 0 aliphatic heterocycles. The first-order valence-electron chi connectivity index (χ1n) is 10.8. The molecule has 0 bridgehead atoms. The molecule has 3 aromatic carbocycles. The third-order valence-electron chi connectivity index (χ3n) is 5.94. The third kappa shape index (κ3) is 4.46. The van der Waals surface area contributed by atoms with E-state index in [1.807, 2.05) is 72.8 Å². The van der Waals surface area contributed by atoms with Crippen LogP contribution in [0, 0.1) is 12.3 Å². The molecule has 0 unspecified atom stereocenters. The van der Waals surface area contributed by atoms with Crippen LogP contribution >= 0.6 is 0 Å². The highest BCUT2D eigenvalue weighted by Crippen LogP contribution is 2.34. The maximum Gasteiger partial charge on any atom is 0.303 e. The summed E-state index contributed by atoms with van der Waals surface area (Å²) in [4.78, 5) is 28.2. The summed E-state index contributed by atoms with van der Waals surface area (Å²) in [7, 11) is 0. The third-order valence-corrected chi connectivity index (χ3v) is 5.94. The van der Waals surface area contributed by atoms with Crippen LogP contribution < -0.4 is 10.2 Å². The standard InChI is InChI=1S/C27H26N2O2/c1-2-25(30)29(24-19-11-15-20-12-9-10-18-23(20)24)26(21-13-5-3-6-14-21)27(31)28-22-16-7-4-8-17-22/h1,3,5-6,9-15,18-19,22,26H,4,7-8,16-17H2,(H,28,31)/t26-/m0/s1. The fourth-order valence-electron chi connectivity index (χ4n) is 4.43. The average Bonchev–Trinajstić information content (AvgIpc) is 2.83. The molecule has 1 atom stereocenters. The van der Waals surface area contributed by atoms with Crippen molar-refractivity contribution < 1.29 is 9.59 Å². The van der Waals surface area contributed by atoms with Crippen LogP contribution in [0.3, 0.4) is 0 Å². The van der Waals surface area contributed by atoms with E-state index in [-0.39, 0.29) is 11.9 Å². The van der Waals surface area contributed by atoms with E-state index in [0.29, 0.717) is 5.69 Å². The van der Waals surface area contributed by atoms with Gasteiger partial charge >= 0.3 is 5.91 Å². The number of fused-ring (bicyclic) bond motifs is 1. The fourth-order valence-corrected chi connectivity index (χ4v) is 4.43. The van der Waals surface area contributed by atoms with Crippen molar-refractivity contribution in [2.75, 3.05) is 4.90 Å². The number of terminal acetylenes is 1. The van der Waals surface area contributed by atoms with E-state index in [4.69, 9.17) is 6.42 Å². The fraction of sp³-hybridized carbons (Fsp3) is 0.259. The minimum absolute atomic E-state index is 0.128. The number of carbonyl (C=O) groups excluding carboxylic acids is 2. The Bertz CT molecular complexity index is 1110. The molecule has 3 aromatic rings. The molecule has 156 valence electrons. The van der Waals surface area contributed by atoms with Gasteiger partial charge in [0.15, 0.2) is 0 Å². The van der Waals surface area contributed by atoms with Crippen LogP contribution in [0.5, 0.6) is 0 Å². The lowest BCUT2D eigenvalue weighted by Crippen LogP contribution is -2.47. The van der Waals surface area contributed by atoms with Crippen LogP contribution in [-0.2, 0) is 9.59 Å². The van der Waals surface area contributed by atoms with E-state index >= 15 is 0 Å². The highest BCUT2D eigenvalue weighted by Gasteiger charge is 2.34. The first-order chi connectivity index (χ1) is 15.2. The topological polar surface area (TPSA) is 49.4 Å². The van der Waals surface area contributed by atoms with Gasteiger partial charge in [-0.15, -0.1) is 6.42 Å². The minimum atomic E-state index is -0.850. The predicted octanol–water partition coefficient (Wildman–Crippen LogP) is 5.00. The van der Waals surface area contributed by atoms with Gasteiger partial charge in [-0.1, -0.05) is 86.0 Å². The summed E-state index contributed by atoms with van der Waals surface area (Å²) in [5.41, 5.74) is 1.36. The number of rotatable bonds is 5. The quantitative estimate of drug-likeness (QED) is 0.602.